The van der Waals surface area contributed by atoms with Gasteiger partial charge in [0.2, 0.25) is 0 Å². The highest BCUT2D eigenvalue weighted by molar-refractivity contribution is 5.95. The Morgan fingerprint density at radius 3 is 2.49 bits per heavy atom. The van der Waals surface area contributed by atoms with E-state index in [0.29, 0.717) is 23.7 Å². The summed E-state index contributed by atoms with van der Waals surface area (Å²) in [4.78, 5) is 2.16. The number of likely N-dealkylation sites (tertiary alicyclic amines) is 1. The lowest BCUT2D eigenvalue weighted by Gasteiger charge is -2.37. The van der Waals surface area contributed by atoms with Crippen LogP contribution in [0.1, 0.15) is 29.7 Å². The van der Waals surface area contributed by atoms with Crippen molar-refractivity contribution in [2.24, 2.45) is 5.92 Å². The van der Waals surface area contributed by atoms with E-state index in [0.717, 1.165) is 48.0 Å². The first-order valence-corrected chi connectivity index (χ1v) is 11.6. The van der Waals surface area contributed by atoms with E-state index in [-0.39, 0.29) is 18.3 Å². The number of allylic oxidation sites excluding steroid dienone is 1. The molecular weight excluding hydrogens is 455 g/mol. The molecule has 1 fully saturated rings. The molecule has 0 amide bonds. The van der Waals surface area contributed by atoms with Crippen LogP contribution in [0.25, 0.3) is 11.1 Å². The predicted molar refractivity (Wildman–Crippen MR) is 128 cm³/mol. The fourth-order valence-corrected chi connectivity index (χ4v) is 4.70. The Morgan fingerprint density at radius 1 is 1.00 bits per heavy atom. The van der Waals surface area contributed by atoms with E-state index in [1.54, 1.807) is 24.3 Å². The molecule has 7 heteroatoms. The van der Waals surface area contributed by atoms with Crippen LogP contribution in [0.4, 0.5) is 13.2 Å². The molecule has 2 aliphatic heterocycles. The number of phenols is 1. The third kappa shape index (κ3) is 4.73. The highest BCUT2D eigenvalue weighted by Crippen LogP contribution is 2.47. The number of nitrogens with zero attached hydrogens (tertiary/aromatic N) is 1. The molecule has 0 aliphatic carbocycles. The molecule has 4 nitrogen and oxygen atoms in total. The second kappa shape index (κ2) is 9.66. The molecule has 3 aromatic carbocycles. The first kappa shape index (κ1) is 23.3. The van der Waals surface area contributed by atoms with Gasteiger partial charge in [0.15, 0.2) is 11.6 Å². The summed E-state index contributed by atoms with van der Waals surface area (Å²) in [6, 6.07) is 16.1. The van der Waals surface area contributed by atoms with E-state index >= 15 is 0 Å². The zero-order valence-electron chi connectivity index (χ0n) is 19.3. The molecular formula is C28H26F3NO3. The minimum atomic E-state index is -0.929. The second-order valence-corrected chi connectivity index (χ2v) is 9.04. The Bertz CT molecular complexity index is 1250. The first-order valence-electron chi connectivity index (χ1n) is 11.6. The van der Waals surface area contributed by atoms with Crippen molar-refractivity contribution in [2.75, 3.05) is 32.9 Å². The van der Waals surface area contributed by atoms with Crippen molar-refractivity contribution in [1.29, 1.82) is 0 Å². The lowest BCUT2D eigenvalue weighted by atomic mass is 9.86. The van der Waals surface area contributed by atoms with E-state index in [4.69, 9.17) is 9.47 Å². The number of benzene rings is 3. The summed E-state index contributed by atoms with van der Waals surface area (Å²) in [6.07, 6.45) is -0.595. The number of phenolic OH excluding ortho intramolecular Hbond substituents is 1. The van der Waals surface area contributed by atoms with Gasteiger partial charge in [-0.15, -0.1) is 0 Å². The van der Waals surface area contributed by atoms with Gasteiger partial charge in [0.25, 0.3) is 0 Å². The summed E-state index contributed by atoms with van der Waals surface area (Å²) >= 11 is 0. The van der Waals surface area contributed by atoms with E-state index < -0.39 is 17.7 Å². The molecule has 1 N–H and O–H groups in total. The Hall–Kier alpha value is -3.45. The highest BCUT2D eigenvalue weighted by atomic mass is 19.2. The molecule has 0 radical (unpaired) electrons. The Balaban J connectivity index is 1.40. The van der Waals surface area contributed by atoms with Gasteiger partial charge in [-0.3, -0.25) is 9.29 Å². The van der Waals surface area contributed by atoms with Crippen LogP contribution in [0.2, 0.25) is 0 Å². The van der Waals surface area contributed by atoms with Crippen molar-refractivity contribution in [3.05, 3.63) is 89.0 Å². The number of halogens is 3. The van der Waals surface area contributed by atoms with Crippen LogP contribution in [-0.4, -0.2) is 42.9 Å². The molecule has 0 spiro atoms. The number of alkyl halides is 1. The maximum atomic E-state index is 14.1. The third-order valence-electron chi connectivity index (χ3n) is 6.62. The number of aromatic hydroxyl groups is 1. The van der Waals surface area contributed by atoms with Crippen LogP contribution >= 0.6 is 0 Å². The van der Waals surface area contributed by atoms with Crippen molar-refractivity contribution in [3.8, 4) is 17.2 Å². The molecule has 0 bridgehead atoms. The van der Waals surface area contributed by atoms with Crippen molar-refractivity contribution < 1.29 is 27.8 Å². The smallest absolute Gasteiger partial charge is 0.159 e. The maximum Gasteiger partial charge on any atom is 0.159 e. The number of rotatable bonds is 7. The summed E-state index contributed by atoms with van der Waals surface area (Å²) < 4.78 is 52.5. The molecule has 3 aromatic rings. The first-order chi connectivity index (χ1) is 16.9. The number of hydrogen-bond donors (Lipinski definition) is 1. The Morgan fingerprint density at radius 2 is 1.77 bits per heavy atom. The summed E-state index contributed by atoms with van der Waals surface area (Å²) in [5, 5.41) is 9.96. The quantitative estimate of drug-likeness (QED) is 0.449. The molecule has 5 rings (SSSR count). The minimum absolute atomic E-state index is 0.0790. The van der Waals surface area contributed by atoms with Crippen molar-refractivity contribution in [3.63, 3.8) is 0 Å². The molecule has 1 atom stereocenters. The van der Waals surface area contributed by atoms with E-state index in [1.165, 1.54) is 6.07 Å². The van der Waals surface area contributed by atoms with Gasteiger partial charge in [0.1, 0.15) is 30.0 Å². The van der Waals surface area contributed by atoms with E-state index in [2.05, 4.69) is 4.90 Å². The van der Waals surface area contributed by atoms with Gasteiger partial charge in [0.05, 0.1) is 6.67 Å². The summed E-state index contributed by atoms with van der Waals surface area (Å²) in [6.45, 7) is 4.42. The fourth-order valence-electron chi connectivity index (χ4n) is 4.70. The molecule has 2 heterocycles. The average molecular weight is 482 g/mol. The largest absolute Gasteiger partial charge is 0.508 e. The SMILES string of the molecule is CC1=C(c2ccc(F)c(F)c2)[C@@H](c2ccc(OCCN3CC(CF)C3)cc2)Oc2cc(O)ccc21. The molecule has 1 saturated heterocycles. The topological polar surface area (TPSA) is 41.9 Å². The highest BCUT2D eigenvalue weighted by Gasteiger charge is 2.30. The van der Waals surface area contributed by atoms with Crippen LogP contribution in [0, 0.1) is 17.6 Å². The van der Waals surface area contributed by atoms with Crippen molar-refractivity contribution in [2.45, 2.75) is 13.0 Å². The van der Waals surface area contributed by atoms with Gasteiger partial charge in [-0.05, 0) is 60.0 Å². The maximum absolute atomic E-state index is 14.1. The predicted octanol–water partition coefficient (Wildman–Crippen LogP) is 6.01. The monoisotopic (exact) mass is 481 g/mol. The molecule has 0 aromatic heterocycles. The summed E-state index contributed by atoms with van der Waals surface area (Å²) in [5.74, 6) is -0.402. The molecule has 0 saturated carbocycles. The lowest BCUT2D eigenvalue weighted by Crippen LogP contribution is -2.49. The summed E-state index contributed by atoms with van der Waals surface area (Å²) in [7, 11) is 0. The lowest BCUT2D eigenvalue weighted by molar-refractivity contribution is 0.0668. The fraction of sp³-hybridized carbons (Fsp3) is 0.286. The zero-order chi connectivity index (χ0) is 24.5. The Kier molecular flexibility index (Phi) is 6.43. The van der Waals surface area contributed by atoms with Gasteiger partial charge < -0.3 is 14.6 Å². The molecule has 182 valence electrons. The summed E-state index contributed by atoms with van der Waals surface area (Å²) in [5.41, 5.74) is 3.67. The molecule has 35 heavy (non-hydrogen) atoms. The van der Waals surface area contributed by atoms with Crippen molar-refractivity contribution in [1.82, 2.24) is 4.90 Å². The van der Waals surface area contributed by atoms with Crippen LogP contribution in [0.15, 0.2) is 60.7 Å². The zero-order valence-corrected chi connectivity index (χ0v) is 19.3. The van der Waals surface area contributed by atoms with Crippen LogP contribution in [0.3, 0.4) is 0 Å². The van der Waals surface area contributed by atoms with E-state index in [9.17, 15) is 18.3 Å². The van der Waals surface area contributed by atoms with Gasteiger partial charge in [-0.1, -0.05) is 18.2 Å². The third-order valence-corrected chi connectivity index (χ3v) is 6.62. The van der Waals surface area contributed by atoms with Crippen LogP contribution in [-0.2, 0) is 0 Å². The van der Waals surface area contributed by atoms with Crippen LogP contribution < -0.4 is 9.47 Å². The minimum Gasteiger partial charge on any atom is -0.508 e. The van der Waals surface area contributed by atoms with Gasteiger partial charge in [-0.2, -0.15) is 0 Å². The number of fused-ring (bicyclic) bond motifs is 1. The van der Waals surface area contributed by atoms with Crippen molar-refractivity contribution >= 4 is 11.1 Å². The second-order valence-electron chi connectivity index (χ2n) is 9.04. The average Bonchev–Trinajstić information content (AvgIpc) is 2.82. The molecule has 0 unspecified atom stereocenters. The van der Waals surface area contributed by atoms with Gasteiger partial charge in [-0.25, -0.2) is 8.78 Å². The standard InChI is InChI=1S/C28H26F3NO3/c1-17-23-8-5-21(33)13-26(23)35-28(27(17)20-4-9-24(30)25(31)12-20)19-2-6-22(7-3-19)34-11-10-32-15-18(14-29)16-32/h2-9,12-13,18,28,33H,10-11,14-16H2,1H3/t28-/m1/s1. The van der Waals surface area contributed by atoms with E-state index in [1.807, 2.05) is 31.2 Å². The number of hydrogen-bond acceptors (Lipinski definition) is 4. The Labute approximate surface area is 202 Å². The number of ether oxygens (including phenoxy) is 2. The molecule has 2 aliphatic rings. The van der Waals surface area contributed by atoms with Gasteiger partial charge >= 0.3 is 0 Å². The van der Waals surface area contributed by atoms with Gasteiger partial charge in [0, 0.05) is 42.8 Å². The van der Waals surface area contributed by atoms with Crippen LogP contribution in [0.5, 0.6) is 17.2 Å². The normalized spacial score (nSPS) is 18.1.